The molecule has 4 heteroatoms. The zero-order valence-corrected chi connectivity index (χ0v) is 11.0. The maximum atomic E-state index is 11.0. The first kappa shape index (κ1) is 13.8. The fourth-order valence-electron chi connectivity index (χ4n) is 1.98. The van der Waals surface area contributed by atoms with Crippen LogP contribution in [0.1, 0.15) is 11.1 Å². The molecular weight excluding hydrogens is 256 g/mol. The Morgan fingerprint density at radius 1 is 1.05 bits per heavy atom. The topological polar surface area (TPSA) is 63.6 Å². The van der Waals surface area contributed by atoms with Crippen LogP contribution in [-0.2, 0) is 20.9 Å². The number of carboxylic acid groups (broad SMARTS) is 1. The number of esters is 1. The number of carbonyl (C=O) groups is 2. The summed E-state index contributed by atoms with van der Waals surface area (Å²) in [5, 5.41) is 8.49. The van der Waals surface area contributed by atoms with Crippen LogP contribution in [0.15, 0.2) is 48.5 Å². The van der Waals surface area contributed by atoms with Gasteiger partial charge >= 0.3 is 11.9 Å². The quantitative estimate of drug-likeness (QED) is 0.688. The molecule has 0 aliphatic heterocycles. The van der Waals surface area contributed by atoms with Crippen LogP contribution in [0.3, 0.4) is 0 Å². The highest BCUT2D eigenvalue weighted by atomic mass is 16.6. The van der Waals surface area contributed by atoms with Crippen LogP contribution in [0.2, 0.25) is 0 Å². The van der Waals surface area contributed by atoms with Crippen molar-refractivity contribution in [2.75, 3.05) is 0 Å². The van der Waals surface area contributed by atoms with Crippen LogP contribution in [-0.4, -0.2) is 17.0 Å². The van der Waals surface area contributed by atoms with Gasteiger partial charge in [0.25, 0.3) is 0 Å². The van der Waals surface area contributed by atoms with Crippen molar-refractivity contribution in [3.63, 3.8) is 0 Å². The summed E-state index contributed by atoms with van der Waals surface area (Å²) < 4.78 is 4.72. The van der Waals surface area contributed by atoms with Gasteiger partial charge in [0.15, 0.2) is 0 Å². The van der Waals surface area contributed by atoms with Crippen molar-refractivity contribution < 1.29 is 19.4 Å². The average molecular weight is 270 g/mol. The second kappa shape index (κ2) is 6.02. The molecule has 0 unspecified atom stereocenters. The predicted octanol–water partition coefficient (Wildman–Crippen LogP) is 2.79. The Hall–Kier alpha value is -2.62. The van der Waals surface area contributed by atoms with Gasteiger partial charge in [0, 0.05) is 0 Å². The van der Waals surface area contributed by atoms with Crippen molar-refractivity contribution in [1.29, 1.82) is 0 Å². The van der Waals surface area contributed by atoms with Crippen LogP contribution < -0.4 is 0 Å². The molecule has 1 N–H and O–H groups in total. The Morgan fingerprint density at radius 2 is 1.75 bits per heavy atom. The van der Waals surface area contributed by atoms with Crippen LogP contribution in [0, 0.1) is 6.92 Å². The van der Waals surface area contributed by atoms with E-state index in [0.717, 1.165) is 22.3 Å². The Morgan fingerprint density at radius 3 is 2.40 bits per heavy atom. The van der Waals surface area contributed by atoms with E-state index in [1.165, 1.54) is 0 Å². The molecule has 0 bridgehead atoms. The molecule has 2 aromatic rings. The van der Waals surface area contributed by atoms with Gasteiger partial charge in [-0.1, -0.05) is 48.5 Å². The van der Waals surface area contributed by atoms with Crippen LogP contribution >= 0.6 is 0 Å². The van der Waals surface area contributed by atoms with Gasteiger partial charge in [-0.05, 0) is 29.2 Å². The second-order valence-corrected chi connectivity index (χ2v) is 4.34. The van der Waals surface area contributed by atoms with E-state index in [2.05, 4.69) is 0 Å². The molecule has 0 radical (unpaired) electrons. The van der Waals surface area contributed by atoms with Gasteiger partial charge in [-0.25, -0.2) is 9.59 Å². The Kier molecular flexibility index (Phi) is 4.15. The molecule has 0 aliphatic carbocycles. The lowest BCUT2D eigenvalue weighted by Gasteiger charge is -2.11. The summed E-state index contributed by atoms with van der Waals surface area (Å²) >= 11 is 0. The van der Waals surface area contributed by atoms with Crippen molar-refractivity contribution in [2.45, 2.75) is 13.5 Å². The van der Waals surface area contributed by atoms with E-state index in [4.69, 9.17) is 9.84 Å². The first-order valence-corrected chi connectivity index (χ1v) is 6.13. The van der Waals surface area contributed by atoms with E-state index in [1.54, 1.807) is 0 Å². The molecule has 0 atom stereocenters. The third-order valence-electron chi connectivity index (χ3n) is 3.06. The molecule has 0 fully saturated rings. The summed E-state index contributed by atoms with van der Waals surface area (Å²) in [4.78, 5) is 21.4. The number of carboxylic acids is 1. The number of benzene rings is 2. The van der Waals surface area contributed by atoms with Crippen molar-refractivity contribution in [3.05, 3.63) is 59.7 Å². The molecule has 0 saturated carbocycles. The van der Waals surface area contributed by atoms with Gasteiger partial charge < -0.3 is 9.84 Å². The number of rotatable bonds is 3. The molecule has 102 valence electrons. The highest BCUT2D eigenvalue weighted by molar-refractivity contribution is 6.28. The smallest absolute Gasteiger partial charge is 0.417 e. The zero-order valence-electron chi connectivity index (χ0n) is 11.0. The van der Waals surface area contributed by atoms with Gasteiger partial charge in [-0.2, -0.15) is 0 Å². The zero-order chi connectivity index (χ0) is 14.5. The van der Waals surface area contributed by atoms with Gasteiger partial charge in [0.2, 0.25) is 0 Å². The summed E-state index contributed by atoms with van der Waals surface area (Å²) in [5.41, 5.74) is 3.86. The van der Waals surface area contributed by atoms with Gasteiger partial charge in [0.05, 0.1) is 0 Å². The summed E-state index contributed by atoms with van der Waals surface area (Å²) in [5.74, 6) is -2.82. The van der Waals surface area contributed by atoms with E-state index in [0.29, 0.717) is 0 Å². The minimum atomic E-state index is -1.58. The molecule has 0 aliphatic rings. The first-order valence-electron chi connectivity index (χ1n) is 6.13. The van der Waals surface area contributed by atoms with Gasteiger partial charge in [0.1, 0.15) is 6.61 Å². The first-order chi connectivity index (χ1) is 9.59. The molecule has 2 rings (SSSR count). The monoisotopic (exact) mass is 270 g/mol. The Labute approximate surface area is 116 Å². The molecule has 0 spiro atoms. The molecule has 0 amide bonds. The van der Waals surface area contributed by atoms with E-state index in [-0.39, 0.29) is 6.61 Å². The lowest BCUT2D eigenvalue weighted by Crippen LogP contribution is -2.16. The van der Waals surface area contributed by atoms with E-state index in [1.807, 2.05) is 55.5 Å². The standard InChI is InChI=1S/C16H14O4/c1-11-13(10-20-16(19)15(17)18)8-5-9-14(11)12-6-3-2-4-7-12/h2-9H,10H2,1H3,(H,17,18). The number of hydrogen-bond acceptors (Lipinski definition) is 3. The summed E-state index contributed by atoms with van der Waals surface area (Å²) in [6, 6.07) is 15.5. The van der Waals surface area contributed by atoms with Crippen molar-refractivity contribution >= 4 is 11.9 Å². The van der Waals surface area contributed by atoms with Crippen LogP contribution in [0.5, 0.6) is 0 Å². The van der Waals surface area contributed by atoms with Crippen molar-refractivity contribution in [1.82, 2.24) is 0 Å². The van der Waals surface area contributed by atoms with Crippen molar-refractivity contribution in [2.24, 2.45) is 0 Å². The summed E-state index contributed by atoms with van der Waals surface area (Å²) in [7, 11) is 0. The lowest BCUT2D eigenvalue weighted by atomic mass is 9.97. The minimum absolute atomic E-state index is 0.0440. The fraction of sp³-hybridized carbons (Fsp3) is 0.125. The number of hydrogen-bond donors (Lipinski definition) is 1. The SMILES string of the molecule is Cc1c(COC(=O)C(=O)O)cccc1-c1ccccc1. The van der Waals surface area contributed by atoms with Gasteiger partial charge in [-0.15, -0.1) is 0 Å². The molecule has 0 heterocycles. The van der Waals surface area contributed by atoms with Crippen molar-refractivity contribution in [3.8, 4) is 11.1 Å². The van der Waals surface area contributed by atoms with Gasteiger partial charge in [-0.3, -0.25) is 0 Å². The summed E-state index contributed by atoms with van der Waals surface area (Å²) in [6.45, 7) is 1.88. The molecular formula is C16H14O4. The molecule has 2 aromatic carbocycles. The minimum Gasteiger partial charge on any atom is -0.473 e. The molecule has 0 saturated heterocycles. The fourth-order valence-corrected chi connectivity index (χ4v) is 1.98. The maximum Gasteiger partial charge on any atom is 0.417 e. The van der Waals surface area contributed by atoms with Crippen LogP contribution in [0.4, 0.5) is 0 Å². The maximum absolute atomic E-state index is 11.0. The van der Waals surface area contributed by atoms with E-state index in [9.17, 15) is 9.59 Å². The third-order valence-corrected chi connectivity index (χ3v) is 3.06. The molecule has 4 nitrogen and oxygen atoms in total. The number of ether oxygens (including phenoxy) is 1. The normalized spacial score (nSPS) is 10.1. The Bertz CT molecular complexity index is 632. The highest BCUT2D eigenvalue weighted by Gasteiger charge is 2.14. The highest BCUT2D eigenvalue weighted by Crippen LogP contribution is 2.25. The third kappa shape index (κ3) is 3.03. The molecule has 20 heavy (non-hydrogen) atoms. The summed E-state index contributed by atoms with van der Waals surface area (Å²) in [6.07, 6.45) is 0. The van der Waals surface area contributed by atoms with Crippen LogP contribution in [0.25, 0.3) is 11.1 Å². The average Bonchev–Trinajstić information content (AvgIpc) is 2.46. The largest absolute Gasteiger partial charge is 0.473 e. The Balaban J connectivity index is 2.24. The number of aliphatic carboxylic acids is 1. The number of carbonyl (C=O) groups excluding carboxylic acids is 1. The second-order valence-electron chi connectivity index (χ2n) is 4.34. The predicted molar refractivity (Wildman–Crippen MR) is 74.0 cm³/mol. The molecule has 0 aromatic heterocycles. The van der Waals surface area contributed by atoms with E-state index >= 15 is 0 Å². The lowest BCUT2D eigenvalue weighted by molar-refractivity contribution is -0.164. The van der Waals surface area contributed by atoms with E-state index < -0.39 is 11.9 Å².